The molecule has 16 heavy (non-hydrogen) atoms. The van der Waals surface area contributed by atoms with Gasteiger partial charge in [0.2, 0.25) is 0 Å². The number of nitrogens with zero attached hydrogens (tertiary/aromatic N) is 1. The molecular formula is C14H28N2. The van der Waals surface area contributed by atoms with Crippen LogP contribution in [0.1, 0.15) is 53.4 Å². The van der Waals surface area contributed by atoms with E-state index in [-0.39, 0.29) is 0 Å². The van der Waals surface area contributed by atoms with Crippen LogP contribution >= 0.6 is 0 Å². The Morgan fingerprint density at radius 1 is 1.31 bits per heavy atom. The lowest BCUT2D eigenvalue weighted by Gasteiger charge is -2.58. The summed E-state index contributed by atoms with van der Waals surface area (Å²) in [6.07, 6.45) is 5.33. The number of rotatable bonds is 3. The molecular weight excluding hydrogens is 196 g/mol. The van der Waals surface area contributed by atoms with Gasteiger partial charge in [-0.1, -0.05) is 13.8 Å². The van der Waals surface area contributed by atoms with Gasteiger partial charge in [0.1, 0.15) is 0 Å². The second kappa shape index (κ2) is 3.99. The highest BCUT2D eigenvalue weighted by Gasteiger charge is 2.53. The minimum absolute atomic E-state index is 0.342. The topological polar surface area (TPSA) is 29.3 Å². The summed E-state index contributed by atoms with van der Waals surface area (Å²) >= 11 is 0. The molecule has 1 saturated carbocycles. The Hall–Kier alpha value is -0.0800. The van der Waals surface area contributed by atoms with E-state index < -0.39 is 0 Å². The second-order valence-electron chi connectivity index (χ2n) is 6.91. The van der Waals surface area contributed by atoms with Gasteiger partial charge in [-0.15, -0.1) is 0 Å². The van der Waals surface area contributed by atoms with Crippen molar-refractivity contribution in [3.63, 3.8) is 0 Å². The van der Waals surface area contributed by atoms with Crippen molar-refractivity contribution in [2.24, 2.45) is 17.6 Å². The second-order valence-corrected chi connectivity index (χ2v) is 6.91. The Labute approximate surface area is 101 Å². The quantitative estimate of drug-likeness (QED) is 0.798. The summed E-state index contributed by atoms with van der Waals surface area (Å²) in [5.74, 6) is 1.73. The maximum atomic E-state index is 6.09. The molecule has 2 fully saturated rings. The number of hydrogen-bond acceptors (Lipinski definition) is 2. The molecule has 0 radical (unpaired) electrons. The molecule has 1 aliphatic carbocycles. The van der Waals surface area contributed by atoms with E-state index in [2.05, 4.69) is 32.6 Å². The SMILES string of the molecule is CC(C)C1CC(CN)(N2CCCC2(C)C)C1. The molecule has 0 atom stereocenters. The Bertz CT molecular complexity index is 251. The lowest BCUT2D eigenvalue weighted by Crippen LogP contribution is -2.66. The first-order valence-corrected chi connectivity index (χ1v) is 6.89. The molecule has 0 bridgehead atoms. The third-order valence-electron chi connectivity index (χ3n) is 5.08. The highest BCUT2D eigenvalue weighted by atomic mass is 15.3. The van der Waals surface area contributed by atoms with Crippen molar-refractivity contribution < 1.29 is 0 Å². The van der Waals surface area contributed by atoms with Gasteiger partial charge in [-0.3, -0.25) is 4.90 Å². The standard InChI is InChI=1S/C14H28N2/c1-11(2)12-8-14(9-12,10-15)16-7-5-6-13(16,3)4/h11-12H,5-10,15H2,1-4H3. The maximum absolute atomic E-state index is 6.09. The molecule has 0 aromatic heterocycles. The Kier molecular flexibility index (Phi) is 3.09. The van der Waals surface area contributed by atoms with Crippen molar-refractivity contribution in [3.8, 4) is 0 Å². The average Bonchev–Trinajstić information content (AvgIpc) is 2.45. The lowest BCUT2D eigenvalue weighted by molar-refractivity contribution is -0.0663. The van der Waals surface area contributed by atoms with Crippen molar-refractivity contribution in [3.05, 3.63) is 0 Å². The molecule has 2 heteroatoms. The van der Waals surface area contributed by atoms with E-state index in [0.717, 1.165) is 18.4 Å². The van der Waals surface area contributed by atoms with Crippen LogP contribution in [0.3, 0.4) is 0 Å². The van der Waals surface area contributed by atoms with Gasteiger partial charge in [-0.25, -0.2) is 0 Å². The van der Waals surface area contributed by atoms with E-state index in [0.29, 0.717) is 11.1 Å². The van der Waals surface area contributed by atoms with Crippen molar-refractivity contribution in [1.29, 1.82) is 0 Å². The van der Waals surface area contributed by atoms with Gasteiger partial charge in [0.15, 0.2) is 0 Å². The molecule has 2 nitrogen and oxygen atoms in total. The molecule has 0 unspecified atom stereocenters. The molecule has 2 N–H and O–H groups in total. The molecule has 1 saturated heterocycles. The van der Waals surface area contributed by atoms with E-state index in [9.17, 15) is 0 Å². The van der Waals surface area contributed by atoms with Crippen LogP contribution in [0.4, 0.5) is 0 Å². The van der Waals surface area contributed by atoms with Crippen molar-refractivity contribution in [1.82, 2.24) is 4.90 Å². The molecule has 2 rings (SSSR count). The normalized spacial score (nSPS) is 39.0. The fraction of sp³-hybridized carbons (Fsp3) is 1.00. The lowest BCUT2D eigenvalue weighted by atomic mass is 9.62. The van der Waals surface area contributed by atoms with Gasteiger partial charge in [0, 0.05) is 17.6 Å². The van der Waals surface area contributed by atoms with Gasteiger partial charge in [0.05, 0.1) is 0 Å². The fourth-order valence-corrected chi connectivity index (χ4v) is 3.87. The van der Waals surface area contributed by atoms with Crippen LogP contribution in [0.15, 0.2) is 0 Å². The largest absolute Gasteiger partial charge is 0.329 e. The highest BCUT2D eigenvalue weighted by molar-refractivity contribution is 5.09. The van der Waals surface area contributed by atoms with E-state index in [4.69, 9.17) is 5.73 Å². The first kappa shape index (κ1) is 12.4. The summed E-state index contributed by atoms with van der Waals surface area (Å²) in [5, 5.41) is 0. The van der Waals surface area contributed by atoms with Crippen LogP contribution in [0.25, 0.3) is 0 Å². The minimum Gasteiger partial charge on any atom is -0.329 e. The van der Waals surface area contributed by atoms with Crippen molar-refractivity contribution >= 4 is 0 Å². The monoisotopic (exact) mass is 224 g/mol. The third kappa shape index (κ3) is 1.80. The van der Waals surface area contributed by atoms with Gasteiger partial charge in [-0.05, 0) is 57.9 Å². The molecule has 2 aliphatic rings. The predicted octanol–water partition coefficient (Wildman–Crippen LogP) is 2.62. The fourth-order valence-electron chi connectivity index (χ4n) is 3.87. The van der Waals surface area contributed by atoms with Gasteiger partial charge >= 0.3 is 0 Å². The van der Waals surface area contributed by atoms with Crippen molar-refractivity contribution in [2.45, 2.75) is 64.5 Å². The van der Waals surface area contributed by atoms with E-state index >= 15 is 0 Å². The maximum Gasteiger partial charge on any atom is 0.0342 e. The summed E-state index contributed by atoms with van der Waals surface area (Å²) in [5.41, 5.74) is 6.81. The summed E-state index contributed by atoms with van der Waals surface area (Å²) in [6, 6.07) is 0. The number of likely N-dealkylation sites (tertiary alicyclic amines) is 1. The molecule has 0 aromatic carbocycles. The van der Waals surface area contributed by atoms with E-state index in [1.807, 2.05) is 0 Å². The Balaban J connectivity index is 2.07. The number of hydrogen-bond donors (Lipinski definition) is 1. The van der Waals surface area contributed by atoms with E-state index in [1.165, 1.54) is 32.2 Å². The van der Waals surface area contributed by atoms with Crippen LogP contribution < -0.4 is 5.73 Å². The summed E-state index contributed by atoms with van der Waals surface area (Å²) in [4.78, 5) is 2.72. The average molecular weight is 224 g/mol. The minimum atomic E-state index is 0.342. The molecule has 0 spiro atoms. The zero-order chi connectivity index (χ0) is 12.0. The first-order chi connectivity index (χ1) is 7.41. The van der Waals surface area contributed by atoms with Gasteiger partial charge < -0.3 is 5.73 Å². The first-order valence-electron chi connectivity index (χ1n) is 6.89. The van der Waals surface area contributed by atoms with Crippen LogP contribution in [0.2, 0.25) is 0 Å². The highest BCUT2D eigenvalue weighted by Crippen LogP contribution is 2.50. The van der Waals surface area contributed by atoms with Gasteiger partial charge in [0.25, 0.3) is 0 Å². The molecule has 0 aromatic rings. The summed E-state index contributed by atoms with van der Waals surface area (Å²) < 4.78 is 0. The van der Waals surface area contributed by atoms with Crippen LogP contribution in [-0.4, -0.2) is 29.1 Å². The molecule has 1 heterocycles. The summed E-state index contributed by atoms with van der Waals surface area (Å²) in [7, 11) is 0. The predicted molar refractivity (Wildman–Crippen MR) is 69.4 cm³/mol. The van der Waals surface area contributed by atoms with Crippen LogP contribution in [-0.2, 0) is 0 Å². The zero-order valence-corrected chi connectivity index (χ0v) is 11.4. The van der Waals surface area contributed by atoms with Gasteiger partial charge in [-0.2, -0.15) is 0 Å². The number of nitrogens with two attached hydrogens (primary N) is 1. The molecule has 1 aliphatic heterocycles. The van der Waals surface area contributed by atoms with Crippen LogP contribution in [0.5, 0.6) is 0 Å². The zero-order valence-electron chi connectivity index (χ0n) is 11.4. The molecule has 94 valence electrons. The van der Waals surface area contributed by atoms with Crippen molar-refractivity contribution in [2.75, 3.05) is 13.1 Å². The molecule has 0 amide bonds. The Morgan fingerprint density at radius 2 is 1.94 bits per heavy atom. The third-order valence-corrected chi connectivity index (χ3v) is 5.08. The van der Waals surface area contributed by atoms with Crippen LogP contribution in [0, 0.1) is 11.8 Å². The smallest absolute Gasteiger partial charge is 0.0342 e. The van der Waals surface area contributed by atoms with E-state index in [1.54, 1.807) is 0 Å². The summed E-state index contributed by atoms with van der Waals surface area (Å²) in [6.45, 7) is 11.6. The Morgan fingerprint density at radius 3 is 2.31 bits per heavy atom.